The number of nitrogens with zero attached hydrogens (tertiary/aromatic N) is 3. The Hall–Kier alpha value is -3.56. The van der Waals surface area contributed by atoms with Gasteiger partial charge >= 0.3 is 0 Å². The van der Waals surface area contributed by atoms with Gasteiger partial charge in [-0.25, -0.2) is 0 Å². The number of hydrogen-bond acceptors (Lipinski definition) is 3. The van der Waals surface area contributed by atoms with Gasteiger partial charge in [-0.3, -0.25) is 0 Å². The molecular formula is C22H17N3. The maximum Gasteiger partial charge on any atom is 0.137 e. The first-order valence-electron chi connectivity index (χ1n) is 8.04. The van der Waals surface area contributed by atoms with E-state index in [4.69, 9.17) is 0 Å². The maximum absolute atomic E-state index is 9.22. The van der Waals surface area contributed by atoms with E-state index in [1.807, 2.05) is 79.7 Å². The van der Waals surface area contributed by atoms with Crippen LogP contribution in [0.2, 0.25) is 0 Å². The van der Waals surface area contributed by atoms with Crippen molar-refractivity contribution in [3.63, 3.8) is 0 Å². The molecule has 2 aromatic carbocycles. The van der Waals surface area contributed by atoms with Gasteiger partial charge in [0.25, 0.3) is 0 Å². The fourth-order valence-corrected chi connectivity index (χ4v) is 2.88. The average Bonchev–Trinajstić information content (AvgIpc) is 2.66. The summed E-state index contributed by atoms with van der Waals surface area (Å²) >= 11 is 0. The second kappa shape index (κ2) is 7.34. The molecule has 0 fully saturated rings. The van der Waals surface area contributed by atoms with Crippen LogP contribution in [0, 0.1) is 22.7 Å². The first kappa shape index (κ1) is 16.3. The van der Waals surface area contributed by atoms with Crippen LogP contribution in [0.5, 0.6) is 0 Å². The highest BCUT2D eigenvalue weighted by Crippen LogP contribution is 2.32. The van der Waals surface area contributed by atoms with Crippen molar-refractivity contribution in [3.8, 4) is 12.1 Å². The molecule has 25 heavy (non-hydrogen) atoms. The van der Waals surface area contributed by atoms with Crippen molar-refractivity contribution >= 4 is 5.70 Å². The summed E-state index contributed by atoms with van der Waals surface area (Å²) in [5, 5.41) is 18.4. The molecule has 1 aliphatic heterocycles. The minimum atomic E-state index is 0.132. The molecule has 0 unspecified atom stereocenters. The summed E-state index contributed by atoms with van der Waals surface area (Å²) in [6.07, 6.45) is 3.82. The van der Waals surface area contributed by atoms with Gasteiger partial charge in [0.15, 0.2) is 0 Å². The largest absolute Gasteiger partial charge is 0.340 e. The van der Waals surface area contributed by atoms with E-state index in [9.17, 15) is 10.5 Å². The molecule has 0 aliphatic carbocycles. The number of hydrogen-bond donors (Lipinski definition) is 0. The first-order chi connectivity index (χ1) is 12.2. The number of nitriles is 2. The molecule has 1 heterocycles. The molecule has 3 nitrogen and oxygen atoms in total. The smallest absolute Gasteiger partial charge is 0.137 e. The Morgan fingerprint density at radius 3 is 2.08 bits per heavy atom. The Kier molecular flexibility index (Phi) is 4.79. The van der Waals surface area contributed by atoms with E-state index >= 15 is 0 Å². The Balaban J connectivity index is 2.10. The van der Waals surface area contributed by atoms with Gasteiger partial charge in [0.2, 0.25) is 0 Å². The lowest BCUT2D eigenvalue weighted by Gasteiger charge is -2.32. The van der Waals surface area contributed by atoms with Gasteiger partial charge in [-0.2, -0.15) is 10.5 Å². The third-order valence-electron chi connectivity index (χ3n) is 4.14. The Morgan fingerprint density at radius 2 is 1.48 bits per heavy atom. The fourth-order valence-electron chi connectivity index (χ4n) is 2.88. The Labute approximate surface area is 148 Å². The lowest BCUT2D eigenvalue weighted by Crippen LogP contribution is -2.22. The van der Waals surface area contributed by atoms with Crippen molar-refractivity contribution in [2.75, 3.05) is 0 Å². The summed E-state index contributed by atoms with van der Waals surface area (Å²) in [7, 11) is 0. The predicted octanol–water partition coefficient (Wildman–Crippen LogP) is 4.79. The van der Waals surface area contributed by atoms with E-state index in [-0.39, 0.29) is 5.57 Å². The van der Waals surface area contributed by atoms with Gasteiger partial charge in [0.05, 0.1) is 0 Å². The van der Waals surface area contributed by atoms with Crippen molar-refractivity contribution in [1.29, 1.82) is 10.5 Å². The lowest BCUT2D eigenvalue weighted by atomic mass is 9.98. The molecule has 0 saturated heterocycles. The van der Waals surface area contributed by atoms with Crippen molar-refractivity contribution in [2.24, 2.45) is 0 Å². The maximum atomic E-state index is 9.22. The van der Waals surface area contributed by atoms with Crippen LogP contribution >= 0.6 is 0 Å². The molecule has 120 valence electrons. The SMILES string of the molecule is CC1=CC(=C(C#N)C#N)C=C(c2ccccc2)N1Cc1ccccc1. The van der Waals surface area contributed by atoms with E-state index in [1.54, 1.807) is 0 Å². The quantitative estimate of drug-likeness (QED) is 0.763. The normalized spacial score (nSPS) is 13.4. The van der Waals surface area contributed by atoms with Crippen LogP contribution in [0.25, 0.3) is 5.70 Å². The number of benzene rings is 2. The van der Waals surface area contributed by atoms with E-state index in [0.717, 1.165) is 23.5 Å². The minimum absolute atomic E-state index is 0.132. The van der Waals surface area contributed by atoms with Gasteiger partial charge in [-0.05, 0) is 30.2 Å². The summed E-state index contributed by atoms with van der Waals surface area (Å²) in [6.45, 7) is 2.73. The number of rotatable bonds is 3. The zero-order valence-corrected chi connectivity index (χ0v) is 14.0. The van der Waals surface area contributed by atoms with Gasteiger partial charge in [-0.15, -0.1) is 0 Å². The van der Waals surface area contributed by atoms with Crippen molar-refractivity contribution in [3.05, 3.63) is 101 Å². The van der Waals surface area contributed by atoms with E-state index in [0.29, 0.717) is 5.57 Å². The molecule has 0 bridgehead atoms. The van der Waals surface area contributed by atoms with Crippen LogP contribution < -0.4 is 0 Å². The first-order valence-corrected chi connectivity index (χ1v) is 8.04. The van der Waals surface area contributed by atoms with Crippen LogP contribution in [-0.4, -0.2) is 4.90 Å². The van der Waals surface area contributed by atoms with Crippen LogP contribution in [0.3, 0.4) is 0 Å². The van der Waals surface area contributed by atoms with Gasteiger partial charge in [-0.1, -0.05) is 60.7 Å². The van der Waals surface area contributed by atoms with E-state index < -0.39 is 0 Å². The van der Waals surface area contributed by atoms with Crippen LogP contribution in [0.4, 0.5) is 0 Å². The molecule has 3 heteroatoms. The number of allylic oxidation sites excluding steroid dienone is 5. The lowest BCUT2D eigenvalue weighted by molar-refractivity contribution is 0.479. The molecule has 2 aromatic rings. The zero-order chi connectivity index (χ0) is 17.6. The summed E-state index contributed by atoms with van der Waals surface area (Å²) < 4.78 is 0. The average molecular weight is 323 g/mol. The summed E-state index contributed by atoms with van der Waals surface area (Å²) in [5.41, 5.74) is 5.03. The molecule has 0 spiro atoms. The molecule has 0 N–H and O–H groups in total. The predicted molar refractivity (Wildman–Crippen MR) is 98.4 cm³/mol. The van der Waals surface area contributed by atoms with Gasteiger partial charge in [0, 0.05) is 23.5 Å². The highest BCUT2D eigenvalue weighted by molar-refractivity contribution is 5.73. The van der Waals surface area contributed by atoms with Crippen molar-refractivity contribution in [2.45, 2.75) is 13.5 Å². The van der Waals surface area contributed by atoms with Gasteiger partial charge < -0.3 is 4.90 Å². The molecule has 0 radical (unpaired) electrons. The Bertz CT molecular complexity index is 920. The summed E-state index contributed by atoms with van der Waals surface area (Å²) in [4.78, 5) is 2.21. The van der Waals surface area contributed by atoms with Crippen molar-refractivity contribution < 1.29 is 0 Å². The molecule has 0 amide bonds. The fraction of sp³-hybridized carbons (Fsp3) is 0.0909. The molecule has 3 rings (SSSR count). The van der Waals surface area contributed by atoms with E-state index in [1.165, 1.54) is 5.56 Å². The molecule has 0 aromatic heterocycles. The summed E-state index contributed by atoms with van der Waals surface area (Å²) in [6, 6.07) is 24.3. The molecule has 1 aliphatic rings. The zero-order valence-electron chi connectivity index (χ0n) is 14.0. The molecule has 0 saturated carbocycles. The topological polar surface area (TPSA) is 50.8 Å². The third kappa shape index (κ3) is 3.52. The van der Waals surface area contributed by atoms with Gasteiger partial charge in [0.1, 0.15) is 17.7 Å². The monoisotopic (exact) mass is 323 g/mol. The van der Waals surface area contributed by atoms with Crippen LogP contribution in [-0.2, 0) is 6.54 Å². The van der Waals surface area contributed by atoms with Crippen LogP contribution in [0.15, 0.2) is 89.7 Å². The molecule has 0 atom stereocenters. The highest BCUT2D eigenvalue weighted by Gasteiger charge is 2.20. The van der Waals surface area contributed by atoms with E-state index in [2.05, 4.69) is 17.0 Å². The molecular weight excluding hydrogens is 306 g/mol. The second-order valence-corrected chi connectivity index (χ2v) is 5.81. The minimum Gasteiger partial charge on any atom is -0.340 e. The third-order valence-corrected chi connectivity index (χ3v) is 4.14. The van der Waals surface area contributed by atoms with Crippen molar-refractivity contribution in [1.82, 2.24) is 4.90 Å². The standard InChI is InChI=1S/C22H17N3/c1-17-12-20(21(14-23)15-24)13-22(19-10-6-3-7-11-19)25(17)16-18-8-4-2-5-9-18/h2-13H,16H2,1H3. The van der Waals surface area contributed by atoms with Crippen LogP contribution in [0.1, 0.15) is 18.1 Å². The highest BCUT2D eigenvalue weighted by atomic mass is 15.1. The Morgan fingerprint density at radius 1 is 0.880 bits per heavy atom. The summed E-state index contributed by atoms with van der Waals surface area (Å²) in [5.74, 6) is 0. The second-order valence-electron chi connectivity index (χ2n) is 5.81.